The van der Waals surface area contributed by atoms with E-state index in [1.807, 2.05) is 47.2 Å². The molecule has 16 rings (SSSR count). The zero-order valence-electron chi connectivity index (χ0n) is 51.0. The molecule has 30 heteroatoms. The summed E-state index contributed by atoms with van der Waals surface area (Å²) in [4.78, 5) is 68.7. The van der Waals surface area contributed by atoms with Crippen LogP contribution in [0.2, 0.25) is 0 Å². The maximum atomic E-state index is 14.0. The first-order valence-electron chi connectivity index (χ1n) is 29.7. The molecule has 12 heterocycles. The summed E-state index contributed by atoms with van der Waals surface area (Å²) >= 11 is 2.88. The number of hydrogen-bond acceptors (Lipinski definition) is 22. The summed E-state index contributed by atoms with van der Waals surface area (Å²) in [6.07, 6.45) is 19.8. The molecule has 0 unspecified atom stereocenters. The molecule has 0 fully saturated rings. The average Bonchev–Trinajstić information content (AvgIpc) is 1.70. The normalized spacial score (nSPS) is 10.8. The van der Waals surface area contributed by atoms with Gasteiger partial charge in [-0.15, -0.1) is 43.1 Å². The highest BCUT2D eigenvalue weighted by molar-refractivity contribution is 7.13. The first-order valence-corrected chi connectivity index (χ1v) is 31.5. The zero-order valence-corrected chi connectivity index (χ0v) is 52.6. The van der Waals surface area contributed by atoms with E-state index in [0.717, 1.165) is 0 Å². The Labute approximate surface area is 562 Å². The van der Waals surface area contributed by atoms with Gasteiger partial charge in [0, 0.05) is 107 Å². The van der Waals surface area contributed by atoms with Gasteiger partial charge < -0.3 is 0 Å². The summed E-state index contributed by atoms with van der Waals surface area (Å²) < 4.78 is 62.5. The summed E-state index contributed by atoms with van der Waals surface area (Å²) in [5, 5.41) is 23.0. The van der Waals surface area contributed by atoms with E-state index in [-0.39, 0.29) is 49.4 Å². The smallest absolute Gasteiger partial charge is 0.219 e. The minimum Gasteiger partial charge on any atom is -0.253 e. The lowest BCUT2D eigenvalue weighted by atomic mass is 10.2. The number of aromatic nitrogens is 24. The molecule has 12 aromatic heterocycles. The third-order valence-electron chi connectivity index (χ3n) is 13.9. The van der Waals surface area contributed by atoms with Crippen LogP contribution in [0.15, 0.2) is 243 Å². The van der Waals surface area contributed by atoms with Gasteiger partial charge >= 0.3 is 0 Å². The van der Waals surface area contributed by atoms with Gasteiger partial charge in [-0.3, -0.25) is 9.97 Å². The summed E-state index contributed by atoms with van der Waals surface area (Å²) in [5.74, 6) is 4.25. The van der Waals surface area contributed by atoms with Crippen LogP contribution in [0.3, 0.4) is 0 Å². The van der Waals surface area contributed by atoms with Crippen molar-refractivity contribution in [2.45, 2.75) is 26.2 Å². The molecular formula is C68H48F4N24S2. The van der Waals surface area contributed by atoms with E-state index in [1.54, 1.807) is 190 Å². The van der Waals surface area contributed by atoms with E-state index in [1.165, 1.54) is 46.9 Å². The van der Waals surface area contributed by atoms with Gasteiger partial charge in [-0.1, -0.05) is 84.9 Å². The number of thiazole rings is 2. The summed E-state index contributed by atoms with van der Waals surface area (Å²) in [5.41, 5.74) is 3.36. The van der Waals surface area contributed by atoms with Crippen LogP contribution in [0, 0.1) is 23.3 Å². The van der Waals surface area contributed by atoms with Gasteiger partial charge in [0.25, 0.3) is 0 Å². The van der Waals surface area contributed by atoms with Gasteiger partial charge in [-0.2, -0.15) is 0 Å². The molecule has 0 bridgehead atoms. The molecule has 0 radical (unpaired) electrons. The van der Waals surface area contributed by atoms with Gasteiger partial charge in [0.1, 0.15) is 34.7 Å². The molecule has 98 heavy (non-hydrogen) atoms. The highest BCUT2D eigenvalue weighted by Gasteiger charge is 2.22. The van der Waals surface area contributed by atoms with Crippen LogP contribution < -0.4 is 0 Å². The van der Waals surface area contributed by atoms with Gasteiger partial charge in [-0.05, 0) is 72.8 Å². The standard InChI is InChI=1S/2C18H13FN6.2C16H11FN6S/c19-14-7-2-1-6-13(14)12-25-18(15-8-3-4-9-20-15)23-17(24-25)16-21-10-5-11-22-16;19-14-7-2-1-6-13(14)12-25-18(17-21-10-5-11-22-17)23-16(24-25)15-8-3-4-9-20-15;17-12-5-2-1-4-11(12)10-23-15(13-18-6-3-7-19-13)21-14(22-23)16-20-8-9-24-16;17-12-5-2-1-4-11(12)10-23-15(16-20-8-9-24-16)21-14(22-23)13-18-6-3-7-19-13/h2*1-11H,12H2;2*1-9H,10H2. The van der Waals surface area contributed by atoms with Gasteiger partial charge in [0.05, 0.1) is 26.2 Å². The van der Waals surface area contributed by atoms with Crippen molar-refractivity contribution in [2.75, 3.05) is 0 Å². The Hall–Kier alpha value is -13.0. The maximum absolute atomic E-state index is 14.0. The van der Waals surface area contributed by atoms with Crippen LogP contribution in [-0.4, -0.2) is 119 Å². The Bertz CT molecular complexity index is 5010. The third kappa shape index (κ3) is 15.6. The zero-order chi connectivity index (χ0) is 66.8. The number of benzene rings is 4. The van der Waals surface area contributed by atoms with Crippen molar-refractivity contribution in [1.82, 2.24) is 119 Å². The minimum atomic E-state index is -0.294. The van der Waals surface area contributed by atoms with Crippen LogP contribution >= 0.6 is 22.7 Å². The number of hydrogen-bond donors (Lipinski definition) is 0. The number of rotatable bonds is 16. The Morgan fingerprint density at radius 2 is 0.561 bits per heavy atom. The lowest BCUT2D eigenvalue weighted by Crippen LogP contribution is -2.07. The predicted molar refractivity (Wildman–Crippen MR) is 355 cm³/mol. The van der Waals surface area contributed by atoms with Crippen molar-refractivity contribution in [3.05, 3.63) is 288 Å². The lowest BCUT2D eigenvalue weighted by molar-refractivity contribution is 0.586. The molecule has 0 atom stereocenters. The van der Waals surface area contributed by atoms with Crippen LogP contribution in [0.25, 0.3) is 91.3 Å². The second-order valence-electron chi connectivity index (χ2n) is 20.4. The van der Waals surface area contributed by atoms with E-state index in [0.29, 0.717) is 114 Å². The Morgan fingerprint density at radius 1 is 0.245 bits per heavy atom. The molecule has 4 aromatic carbocycles. The topological polar surface area (TPSA) is 278 Å². The first-order chi connectivity index (χ1) is 48.2. The Morgan fingerprint density at radius 3 is 0.959 bits per heavy atom. The summed E-state index contributed by atoms with van der Waals surface area (Å²) in [6.45, 7) is 0.943. The number of halogens is 4. The molecule has 0 aliphatic heterocycles. The van der Waals surface area contributed by atoms with Crippen LogP contribution in [-0.2, 0) is 26.2 Å². The van der Waals surface area contributed by atoms with Crippen LogP contribution in [0.5, 0.6) is 0 Å². The summed E-state index contributed by atoms with van der Waals surface area (Å²) in [6, 6.07) is 44.3. The fraction of sp³-hybridized carbons (Fsp3) is 0.0588. The monoisotopic (exact) mass is 1340 g/mol. The van der Waals surface area contributed by atoms with E-state index in [4.69, 9.17) is 0 Å². The van der Waals surface area contributed by atoms with Crippen molar-refractivity contribution < 1.29 is 17.6 Å². The predicted octanol–water partition coefficient (Wildman–Crippen LogP) is 12.1. The minimum absolute atomic E-state index is 0.222. The molecule has 0 amide bonds. The molecule has 0 N–H and O–H groups in total. The number of pyridine rings is 2. The van der Waals surface area contributed by atoms with Gasteiger partial charge in [0.2, 0.25) is 17.5 Å². The lowest BCUT2D eigenvalue weighted by Gasteiger charge is -2.06. The highest BCUT2D eigenvalue weighted by atomic mass is 32.1. The second kappa shape index (κ2) is 30.9. The van der Waals surface area contributed by atoms with E-state index < -0.39 is 0 Å². The second-order valence-corrected chi connectivity index (χ2v) is 22.2. The van der Waals surface area contributed by atoms with Crippen molar-refractivity contribution in [3.63, 3.8) is 0 Å². The fourth-order valence-corrected chi connectivity index (χ4v) is 10.5. The fourth-order valence-electron chi connectivity index (χ4n) is 9.34. The quantitative estimate of drug-likeness (QED) is 0.0813. The van der Waals surface area contributed by atoms with Crippen molar-refractivity contribution in [3.8, 4) is 91.3 Å². The highest BCUT2D eigenvalue weighted by Crippen LogP contribution is 2.27. The van der Waals surface area contributed by atoms with Crippen molar-refractivity contribution >= 4 is 22.7 Å². The average molecular weight is 1340 g/mol. The SMILES string of the molecule is Fc1ccccc1Cn1nc(-c2ccccn2)nc1-c1ncccn1.Fc1ccccc1Cn1nc(-c2ncccn2)nc1-c1ccccn1.Fc1ccccc1Cn1nc(-c2ncccn2)nc1-c1nccs1.Fc1ccccc1Cn1nc(-c2nccs2)nc1-c1ncccn1. The van der Waals surface area contributed by atoms with E-state index in [9.17, 15) is 17.6 Å². The van der Waals surface area contributed by atoms with E-state index >= 15 is 0 Å². The van der Waals surface area contributed by atoms with Crippen molar-refractivity contribution in [1.29, 1.82) is 0 Å². The molecule has 0 saturated heterocycles. The van der Waals surface area contributed by atoms with Crippen LogP contribution in [0.1, 0.15) is 22.3 Å². The maximum Gasteiger partial charge on any atom is 0.219 e. The van der Waals surface area contributed by atoms with E-state index in [2.05, 4.69) is 100 Å². The van der Waals surface area contributed by atoms with Crippen molar-refractivity contribution in [2.24, 2.45) is 0 Å². The first kappa shape index (κ1) is 63.8. The van der Waals surface area contributed by atoms with Gasteiger partial charge in [0.15, 0.2) is 62.4 Å². The Kier molecular flexibility index (Phi) is 20.1. The Balaban J connectivity index is 0.000000118. The molecule has 0 spiro atoms. The molecular weight excluding hydrogens is 1290 g/mol. The molecule has 0 aliphatic rings. The molecule has 24 nitrogen and oxygen atoms in total. The van der Waals surface area contributed by atoms with Crippen LogP contribution in [0.4, 0.5) is 17.6 Å². The molecule has 16 aromatic rings. The summed E-state index contributed by atoms with van der Waals surface area (Å²) in [7, 11) is 0. The molecule has 480 valence electrons. The van der Waals surface area contributed by atoms with Gasteiger partial charge in [-0.25, -0.2) is 106 Å². The number of nitrogens with zero attached hydrogens (tertiary/aromatic N) is 24. The molecule has 0 saturated carbocycles. The third-order valence-corrected chi connectivity index (χ3v) is 15.4. The largest absolute Gasteiger partial charge is 0.253 e. The molecule has 0 aliphatic carbocycles.